The van der Waals surface area contributed by atoms with Gasteiger partial charge in [0.05, 0.1) is 10.0 Å². The Morgan fingerprint density at radius 2 is 1.78 bits per heavy atom. The lowest BCUT2D eigenvalue weighted by Gasteiger charge is -2.07. The van der Waals surface area contributed by atoms with E-state index in [9.17, 15) is 0 Å². The van der Waals surface area contributed by atoms with Gasteiger partial charge in [-0.1, -0.05) is 69.5 Å². The minimum absolute atomic E-state index is 0.412. The van der Waals surface area contributed by atoms with Crippen molar-refractivity contribution in [1.82, 2.24) is 30.4 Å². The van der Waals surface area contributed by atoms with Gasteiger partial charge in [0.25, 0.3) is 0 Å². The average molecular weight is 482 g/mol. The second-order valence-electron chi connectivity index (χ2n) is 5.71. The number of nitrogens with zero attached hydrogens (tertiary/aromatic N) is 4. The van der Waals surface area contributed by atoms with Gasteiger partial charge in [0, 0.05) is 16.5 Å². The van der Waals surface area contributed by atoms with Gasteiger partial charge >= 0.3 is 0 Å². The summed E-state index contributed by atoms with van der Waals surface area (Å²) in [5.41, 5.74) is 3.18. The minimum atomic E-state index is 0.412. The summed E-state index contributed by atoms with van der Waals surface area (Å²) in [6, 6.07) is 13.3. The average Bonchev–Trinajstić information content (AvgIpc) is 3.27. The smallest absolute Gasteiger partial charge is 0.222 e. The van der Waals surface area contributed by atoms with Gasteiger partial charge in [-0.05, 0) is 35.0 Å². The van der Waals surface area contributed by atoms with E-state index in [1.54, 1.807) is 22.9 Å². The molecule has 27 heavy (non-hydrogen) atoms. The molecule has 4 rings (SSSR count). The van der Waals surface area contributed by atoms with Gasteiger partial charge in [-0.2, -0.15) is 5.21 Å². The van der Waals surface area contributed by atoms with Crippen LogP contribution in [0.4, 0.5) is 0 Å². The summed E-state index contributed by atoms with van der Waals surface area (Å²) in [5, 5.41) is 18.5. The van der Waals surface area contributed by atoms with E-state index in [0.717, 1.165) is 15.6 Å². The van der Waals surface area contributed by atoms with Crippen LogP contribution < -0.4 is 0 Å². The topological polar surface area (TPSA) is 75.2 Å². The highest BCUT2D eigenvalue weighted by Crippen LogP contribution is 2.32. The zero-order valence-corrected chi connectivity index (χ0v) is 17.5. The first-order valence-electron chi connectivity index (χ1n) is 7.81. The van der Waals surface area contributed by atoms with Crippen LogP contribution in [0, 0.1) is 4.64 Å². The Morgan fingerprint density at radius 1 is 1.07 bits per heavy atom. The summed E-state index contributed by atoms with van der Waals surface area (Å²) in [6.07, 6.45) is 0.585. The van der Waals surface area contributed by atoms with Crippen molar-refractivity contribution in [2.75, 3.05) is 0 Å². The molecule has 0 radical (unpaired) electrons. The molecule has 136 valence electrons. The maximum atomic E-state index is 6.37. The summed E-state index contributed by atoms with van der Waals surface area (Å²) in [7, 11) is 0. The molecule has 10 heteroatoms. The first kappa shape index (κ1) is 18.4. The fraction of sp³-hybridized carbons (Fsp3) is 0.0588. The second kappa shape index (κ2) is 7.55. The molecule has 2 N–H and O–H groups in total. The van der Waals surface area contributed by atoms with Gasteiger partial charge in [-0.3, -0.25) is 5.10 Å². The monoisotopic (exact) mass is 480 g/mol. The molecular weight excluding hydrogens is 471 g/mol. The summed E-state index contributed by atoms with van der Waals surface area (Å²) in [4.78, 5) is 0. The maximum absolute atomic E-state index is 6.37. The number of hydrogen-bond donors (Lipinski definition) is 2. The number of benzene rings is 2. The van der Waals surface area contributed by atoms with Crippen molar-refractivity contribution >= 4 is 51.3 Å². The van der Waals surface area contributed by atoms with E-state index >= 15 is 0 Å². The number of hydrogen-bond acceptors (Lipinski definition) is 4. The van der Waals surface area contributed by atoms with Crippen LogP contribution in [0.3, 0.4) is 0 Å². The molecule has 4 aromatic rings. The third-order valence-corrected chi connectivity index (χ3v) is 5.58. The molecule has 0 spiro atoms. The van der Waals surface area contributed by atoms with Crippen LogP contribution in [0.15, 0.2) is 46.9 Å². The molecule has 0 amide bonds. The SMILES string of the molecule is S=c1c(Cc2ccc(Br)cc2)c(-c2nn[nH]n2)[nH]n1-c1c(Cl)cccc1Cl. The van der Waals surface area contributed by atoms with Crippen molar-refractivity contribution in [3.8, 4) is 17.2 Å². The van der Waals surface area contributed by atoms with Gasteiger partial charge in [-0.15, -0.1) is 10.2 Å². The van der Waals surface area contributed by atoms with Crippen LogP contribution in [0.5, 0.6) is 0 Å². The summed E-state index contributed by atoms with van der Waals surface area (Å²) < 4.78 is 3.24. The molecule has 0 aliphatic heterocycles. The third kappa shape index (κ3) is 3.58. The van der Waals surface area contributed by atoms with Gasteiger partial charge in [-0.25, -0.2) is 4.68 Å². The van der Waals surface area contributed by atoms with Crippen LogP contribution in [-0.4, -0.2) is 30.4 Å². The van der Waals surface area contributed by atoms with Crippen molar-refractivity contribution in [2.24, 2.45) is 0 Å². The molecule has 0 fully saturated rings. The Balaban J connectivity index is 1.90. The lowest BCUT2D eigenvalue weighted by molar-refractivity contribution is 0.868. The zero-order chi connectivity index (χ0) is 19.0. The number of nitrogens with one attached hydrogen (secondary N) is 2. The van der Waals surface area contributed by atoms with Gasteiger partial charge in [0.1, 0.15) is 16.0 Å². The second-order valence-corrected chi connectivity index (χ2v) is 7.83. The van der Waals surface area contributed by atoms with Crippen LogP contribution in [0.1, 0.15) is 11.1 Å². The van der Waals surface area contributed by atoms with Crippen molar-refractivity contribution < 1.29 is 0 Å². The predicted octanol–water partition coefficient (Wildman–Crippen LogP) is 5.38. The van der Waals surface area contributed by atoms with Crippen LogP contribution >= 0.6 is 51.3 Å². The van der Waals surface area contributed by atoms with E-state index in [2.05, 4.69) is 41.7 Å². The summed E-state index contributed by atoms with van der Waals surface area (Å²) in [6.45, 7) is 0. The van der Waals surface area contributed by atoms with E-state index in [1.165, 1.54) is 0 Å². The molecule has 2 heterocycles. The van der Waals surface area contributed by atoms with Gasteiger partial charge < -0.3 is 0 Å². The molecule has 0 aliphatic carbocycles. The third-order valence-electron chi connectivity index (χ3n) is 4.01. The number of tetrazole rings is 1. The molecule has 0 bridgehead atoms. The largest absolute Gasteiger partial charge is 0.289 e. The van der Waals surface area contributed by atoms with Crippen molar-refractivity contribution in [3.63, 3.8) is 0 Å². The Kier molecular flexibility index (Phi) is 5.14. The van der Waals surface area contributed by atoms with Crippen molar-refractivity contribution in [3.05, 3.63) is 72.8 Å². The zero-order valence-electron chi connectivity index (χ0n) is 13.6. The molecule has 0 atom stereocenters. The van der Waals surface area contributed by atoms with Crippen LogP contribution in [0.2, 0.25) is 10.0 Å². The van der Waals surface area contributed by atoms with Crippen molar-refractivity contribution in [2.45, 2.75) is 6.42 Å². The lowest BCUT2D eigenvalue weighted by Crippen LogP contribution is -1.99. The molecule has 2 aromatic heterocycles. The molecule has 0 saturated heterocycles. The number of halogens is 3. The van der Waals surface area contributed by atoms with E-state index in [4.69, 9.17) is 35.4 Å². The number of aromatic nitrogens is 6. The molecule has 2 aromatic carbocycles. The lowest BCUT2D eigenvalue weighted by atomic mass is 10.1. The fourth-order valence-electron chi connectivity index (χ4n) is 2.76. The molecular formula is C17H11BrCl2N6S. The normalized spacial score (nSPS) is 11.1. The standard InChI is InChI=1S/C17H11BrCl2N6S/c18-10-6-4-9(5-7-10)8-11-14(16-21-24-25-22-16)23-26(17(11)27)15-12(19)2-1-3-13(15)20/h1-7,23H,8H2,(H,21,22,24,25). The number of H-pyrrole nitrogens is 2. The molecule has 0 aliphatic rings. The molecule has 6 nitrogen and oxygen atoms in total. The highest BCUT2D eigenvalue weighted by atomic mass is 79.9. The Morgan fingerprint density at radius 3 is 2.41 bits per heavy atom. The Bertz CT molecular complexity index is 1130. The van der Waals surface area contributed by atoms with Crippen LogP contribution in [0.25, 0.3) is 17.2 Å². The highest BCUT2D eigenvalue weighted by Gasteiger charge is 2.20. The quantitative estimate of drug-likeness (QED) is 0.384. The van der Waals surface area contributed by atoms with E-state index in [-0.39, 0.29) is 0 Å². The summed E-state index contributed by atoms with van der Waals surface area (Å²) in [5.74, 6) is 0.412. The minimum Gasteiger partial charge on any atom is -0.289 e. The van der Waals surface area contributed by atoms with E-state index < -0.39 is 0 Å². The van der Waals surface area contributed by atoms with E-state index in [1.807, 2.05) is 24.3 Å². The number of aromatic amines is 2. The Labute approximate surface area is 177 Å². The Hall–Kier alpha value is -2.00. The first-order valence-corrected chi connectivity index (χ1v) is 9.77. The van der Waals surface area contributed by atoms with E-state index in [0.29, 0.717) is 38.3 Å². The number of para-hydroxylation sites is 1. The van der Waals surface area contributed by atoms with Gasteiger partial charge in [0.15, 0.2) is 0 Å². The predicted molar refractivity (Wildman–Crippen MR) is 111 cm³/mol. The number of rotatable bonds is 4. The van der Waals surface area contributed by atoms with Gasteiger partial charge in [0.2, 0.25) is 5.82 Å². The molecule has 0 unspecified atom stereocenters. The maximum Gasteiger partial charge on any atom is 0.222 e. The fourth-order valence-corrected chi connectivity index (χ4v) is 3.90. The molecule has 0 saturated carbocycles. The highest BCUT2D eigenvalue weighted by molar-refractivity contribution is 9.10. The summed E-state index contributed by atoms with van der Waals surface area (Å²) >= 11 is 21.9. The van der Waals surface area contributed by atoms with Crippen LogP contribution in [-0.2, 0) is 6.42 Å². The first-order chi connectivity index (χ1) is 13.0. The van der Waals surface area contributed by atoms with Crippen molar-refractivity contribution in [1.29, 1.82) is 0 Å².